The molecule has 2 aliphatic heterocycles. The van der Waals surface area contributed by atoms with Crippen molar-refractivity contribution in [1.29, 1.82) is 0 Å². The van der Waals surface area contributed by atoms with Gasteiger partial charge in [0.25, 0.3) is 5.91 Å². The molecule has 2 heterocycles. The van der Waals surface area contributed by atoms with Gasteiger partial charge in [-0.2, -0.15) is 0 Å². The van der Waals surface area contributed by atoms with Crippen molar-refractivity contribution in [1.82, 2.24) is 5.32 Å². The van der Waals surface area contributed by atoms with Gasteiger partial charge in [0.1, 0.15) is 5.94 Å². The second-order valence-corrected chi connectivity index (χ2v) is 5.97. The predicted octanol–water partition coefficient (Wildman–Crippen LogP) is 0.752. The molecule has 0 bridgehead atoms. The monoisotopic (exact) mass is 319 g/mol. The number of fused-ring (bicyclic) bond motifs is 2. The Bertz CT molecular complexity index is 755. The van der Waals surface area contributed by atoms with Gasteiger partial charge in [0.15, 0.2) is 0 Å². The SMILES string of the molecule is CN1C(=O)C2(CCNC(=C=O)C2)c2c(Cl)ccc(C(N)=O)c21. The number of primary amides is 1. The lowest BCUT2D eigenvalue weighted by atomic mass is 9.73. The minimum absolute atomic E-state index is 0.188. The van der Waals surface area contributed by atoms with Crippen molar-refractivity contribution in [2.45, 2.75) is 18.3 Å². The smallest absolute Gasteiger partial charge is 0.250 e. The van der Waals surface area contributed by atoms with Crippen molar-refractivity contribution < 1.29 is 14.4 Å². The molecule has 0 saturated carbocycles. The van der Waals surface area contributed by atoms with Gasteiger partial charge in [-0.1, -0.05) is 11.6 Å². The maximum atomic E-state index is 12.9. The van der Waals surface area contributed by atoms with E-state index in [-0.39, 0.29) is 17.9 Å². The highest BCUT2D eigenvalue weighted by Crippen LogP contribution is 2.51. The zero-order valence-corrected chi connectivity index (χ0v) is 12.7. The van der Waals surface area contributed by atoms with Crippen LogP contribution in [0.15, 0.2) is 17.8 Å². The summed E-state index contributed by atoms with van der Waals surface area (Å²) >= 11 is 6.33. The van der Waals surface area contributed by atoms with E-state index >= 15 is 0 Å². The third-order valence-electron chi connectivity index (χ3n) is 4.41. The molecule has 0 aliphatic carbocycles. The van der Waals surface area contributed by atoms with Crippen LogP contribution in [-0.4, -0.2) is 31.3 Å². The van der Waals surface area contributed by atoms with E-state index in [2.05, 4.69) is 5.32 Å². The van der Waals surface area contributed by atoms with E-state index in [0.717, 1.165) is 0 Å². The summed E-state index contributed by atoms with van der Waals surface area (Å²) in [6.07, 6.45) is 0.672. The van der Waals surface area contributed by atoms with Gasteiger partial charge in [0, 0.05) is 30.6 Å². The minimum atomic E-state index is -0.940. The molecule has 3 rings (SSSR count). The minimum Gasteiger partial charge on any atom is -0.379 e. The van der Waals surface area contributed by atoms with Gasteiger partial charge in [0.05, 0.1) is 22.4 Å². The number of nitrogens with zero attached hydrogens (tertiary/aromatic N) is 1. The Hall–Kier alpha value is -2.30. The molecule has 1 saturated heterocycles. The fourth-order valence-corrected chi connectivity index (χ4v) is 3.78. The van der Waals surface area contributed by atoms with Crippen LogP contribution in [0.25, 0.3) is 0 Å². The number of carbonyl (C=O) groups excluding carboxylic acids is 3. The number of rotatable bonds is 1. The highest BCUT2D eigenvalue weighted by molar-refractivity contribution is 6.33. The van der Waals surface area contributed by atoms with E-state index in [9.17, 15) is 14.4 Å². The first-order valence-corrected chi connectivity index (χ1v) is 7.19. The van der Waals surface area contributed by atoms with Crippen molar-refractivity contribution in [2.75, 3.05) is 18.5 Å². The molecule has 1 aromatic carbocycles. The van der Waals surface area contributed by atoms with E-state index in [1.807, 2.05) is 5.94 Å². The Kier molecular flexibility index (Phi) is 3.24. The number of benzene rings is 1. The number of halogens is 1. The summed E-state index contributed by atoms with van der Waals surface area (Å²) in [5.74, 6) is 1.02. The number of hydrogen-bond donors (Lipinski definition) is 2. The van der Waals surface area contributed by atoms with Crippen molar-refractivity contribution in [3.05, 3.63) is 34.0 Å². The first-order valence-electron chi connectivity index (χ1n) is 6.81. The van der Waals surface area contributed by atoms with Crippen molar-refractivity contribution in [3.63, 3.8) is 0 Å². The Labute approximate surface area is 131 Å². The van der Waals surface area contributed by atoms with Gasteiger partial charge in [0.2, 0.25) is 5.91 Å². The van der Waals surface area contributed by atoms with Gasteiger partial charge in [-0.05, 0) is 18.6 Å². The zero-order chi connectivity index (χ0) is 16.1. The largest absolute Gasteiger partial charge is 0.379 e. The number of nitrogens with two attached hydrogens (primary N) is 1. The number of carbonyl (C=O) groups is 2. The normalized spacial score (nSPS) is 23.3. The molecule has 22 heavy (non-hydrogen) atoms. The first kappa shape index (κ1) is 14.6. The Morgan fingerprint density at radius 1 is 1.50 bits per heavy atom. The van der Waals surface area contributed by atoms with Crippen molar-refractivity contribution in [3.8, 4) is 0 Å². The molecular weight excluding hydrogens is 306 g/mol. The number of allylic oxidation sites excluding steroid dienone is 1. The maximum absolute atomic E-state index is 12.9. The number of amides is 2. The third kappa shape index (κ3) is 1.78. The molecule has 1 unspecified atom stereocenters. The van der Waals surface area contributed by atoms with Gasteiger partial charge in [-0.25, -0.2) is 4.79 Å². The molecule has 1 atom stereocenters. The molecule has 6 nitrogen and oxygen atoms in total. The summed E-state index contributed by atoms with van der Waals surface area (Å²) in [7, 11) is 1.59. The molecule has 1 fully saturated rings. The van der Waals surface area contributed by atoms with Crippen LogP contribution in [-0.2, 0) is 15.0 Å². The lowest BCUT2D eigenvalue weighted by Gasteiger charge is -2.33. The third-order valence-corrected chi connectivity index (χ3v) is 4.73. The molecule has 2 aliphatic rings. The number of anilines is 1. The van der Waals surface area contributed by atoms with Crippen LogP contribution in [0.5, 0.6) is 0 Å². The van der Waals surface area contributed by atoms with E-state index in [0.29, 0.717) is 34.9 Å². The Morgan fingerprint density at radius 2 is 2.23 bits per heavy atom. The molecular formula is C15H14ClN3O3. The average molecular weight is 320 g/mol. The van der Waals surface area contributed by atoms with Gasteiger partial charge >= 0.3 is 0 Å². The standard InChI is InChI=1S/C15H14ClN3O3/c1-19-12-9(13(17)21)2-3-10(16)11(12)15(14(19)22)4-5-18-8(6-15)7-20/h2-3,18H,4-6H2,1H3,(H2,17,21). The van der Waals surface area contributed by atoms with Crippen molar-refractivity contribution in [2.24, 2.45) is 5.73 Å². The molecule has 2 amide bonds. The molecule has 3 N–H and O–H groups in total. The summed E-state index contributed by atoms with van der Waals surface area (Å²) in [5.41, 5.74) is 6.08. The number of likely N-dealkylation sites (N-methyl/N-ethyl adjacent to an activating group) is 1. The molecule has 7 heteroatoms. The van der Waals surface area contributed by atoms with E-state index in [4.69, 9.17) is 17.3 Å². The summed E-state index contributed by atoms with van der Waals surface area (Å²) in [6, 6.07) is 3.09. The van der Waals surface area contributed by atoms with Gasteiger partial charge in [-0.15, -0.1) is 0 Å². The Morgan fingerprint density at radius 3 is 2.86 bits per heavy atom. The first-order chi connectivity index (χ1) is 10.4. The molecule has 1 spiro atoms. The second kappa shape index (κ2) is 4.87. The predicted molar refractivity (Wildman–Crippen MR) is 81.5 cm³/mol. The van der Waals surface area contributed by atoms with Gasteiger partial charge in [-0.3, -0.25) is 9.59 Å². The second-order valence-electron chi connectivity index (χ2n) is 5.56. The quantitative estimate of drug-likeness (QED) is 0.747. The molecule has 114 valence electrons. The van der Waals surface area contributed by atoms with Crippen molar-refractivity contribution >= 4 is 35.0 Å². The average Bonchev–Trinajstić information content (AvgIpc) is 2.71. The van der Waals surface area contributed by atoms with Crippen LogP contribution in [0.4, 0.5) is 5.69 Å². The zero-order valence-electron chi connectivity index (χ0n) is 11.9. The van der Waals surface area contributed by atoms with E-state index < -0.39 is 11.3 Å². The van der Waals surface area contributed by atoms with Gasteiger partial charge < -0.3 is 16.0 Å². The summed E-state index contributed by atoms with van der Waals surface area (Å²) in [4.78, 5) is 37.0. The fourth-order valence-electron chi connectivity index (χ4n) is 3.45. The highest BCUT2D eigenvalue weighted by atomic mass is 35.5. The fraction of sp³-hybridized carbons (Fsp3) is 0.333. The number of nitrogens with one attached hydrogen (secondary N) is 1. The molecule has 1 aromatic rings. The Balaban J connectivity index is 2.30. The highest BCUT2D eigenvalue weighted by Gasteiger charge is 2.53. The molecule has 0 radical (unpaired) electrons. The number of hydrogen-bond acceptors (Lipinski definition) is 4. The van der Waals surface area contributed by atoms with E-state index in [1.165, 1.54) is 11.0 Å². The topological polar surface area (TPSA) is 92.5 Å². The van der Waals surface area contributed by atoms with Crippen LogP contribution in [0.3, 0.4) is 0 Å². The van der Waals surface area contributed by atoms with Crippen LogP contribution in [0.1, 0.15) is 28.8 Å². The van der Waals surface area contributed by atoms with Crippen LogP contribution in [0, 0.1) is 0 Å². The van der Waals surface area contributed by atoms with E-state index in [1.54, 1.807) is 13.1 Å². The van der Waals surface area contributed by atoms with Crippen LogP contribution in [0.2, 0.25) is 5.02 Å². The maximum Gasteiger partial charge on any atom is 0.250 e. The lowest BCUT2D eigenvalue weighted by molar-refractivity contribution is -0.123. The number of piperidine rings is 1. The molecule has 0 aromatic heterocycles. The van der Waals surface area contributed by atoms with Crippen LogP contribution < -0.4 is 16.0 Å². The summed E-state index contributed by atoms with van der Waals surface area (Å²) < 4.78 is 0. The summed E-state index contributed by atoms with van der Waals surface area (Å²) in [6.45, 7) is 0.459. The van der Waals surface area contributed by atoms with Crippen LogP contribution >= 0.6 is 11.6 Å². The summed E-state index contributed by atoms with van der Waals surface area (Å²) in [5, 5.41) is 3.32. The lowest BCUT2D eigenvalue weighted by Crippen LogP contribution is -2.45.